The summed E-state index contributed by atoms with van der Waals surface area (Å²) in [6.07, 6.45) is 0.578. The molecule has 158 valence electrons. The van der Waals surface area contributed by atoms with Crippen molar-refractivity contribution in [3.63, 3.8) is 0 Å². The number of carbonyl (C=O) groups excluding carboxylic acids is 1. The van der Waals surface area contributed by atoms with Crippen LogP contribution in [0.5, 0.6) is 0 Å². The van der Waals surface area contributed by atoms with Gasteiger partial charge in [-0.15, -0.1) is 10.2 Å². The molecule has 1 aromatic carbocycles. The number of hydrogen-bond donors (Lipinski definition) is 0. The topological polar surface area (TPSA) is 96.6 Å². The molecule has 11 heteroatoms. The molecule has 30 heavy (non-hydrogen) atoms. The Balaban J connectivity index is 1.29. The fourth-order valence-electron chi connectivity index (χ4n) is 3.16. The Morgan fingerprint density at radius 3 is 2.50 bits per heavy atom. The van der Waals surface area contributed by atoms with Gasteiger partial charge in [0.2, 0.25) is 27.7 Å². The van der Waals surface area contributed by atoms with Crippen molar-refractivity contribution >= 4 is 38.9 Å². The zero-order valence-electron chi connectivity index (χ0n) is 15.9. The summed E-state index contributed by atoms with van der Waals surface area (Å²) in [5.74, 6) is 0.794. The first kappa shape index (κ1) is 21.0. The average Bonchev–Trinajstić information content (AvgIpc) is 3.44. The Kier molecular flexibility index (Phi) is 6.19. The second-order valence-corrected chi connectivity index (χ2v) is 9.91. The fraction of sp³-hybridized carbons (Fsp3) is 0.316. The molecule has 0 atom stereocenters. The van der Waals surface area contributed by atoms with Crippen LogP contribution in [0.3, 0.4) is 0 Å². The quantitative estimate of drug-likeness (QED) is 0.554. The number of benzene rings is 1. The summed E-state index contributed by atoms with van der Waals surface area (Å²) in [6.45, 7) is 1.18. The van der Waals surface area contributed by atoms with Crippen LogP contribution in [0.2, 0.25) is 5.02 Å². The van der Waals surface area contributed by atoms with Crippen molar-refractivity contribution in [3.8, 4) is 11.5 Å². The van der Waals surface area contributed by atoms with E-state index in [9.17, 15) is 13.2 Å². The van der Waals surface area contributed by atoms with Crippen LogP contribution < -0.4 is 0 Å². The van der Waals surface area contributed by atoms with Crippen LogP contribution in [-0.2, 0) is 21.2 Å². The van der Waals surface area contributed by atoms with Gasteiger partial charge in [0.05, 0.1) is 4.90 Å². The third-order valence-corrected chi connectivity index (χ3v) is 7.68. The van der Waals surface area contributed by atoms with Crippen molar-refractivity contribution in [1.82, 2.24) is 19.4 Å². The Labute approximate surface area is 183 Å². The van der Waals surface area contributed by atoms with Gasteiger partial charge in [-0.2, -0.15) is 15.6 Å². The van der Waals surface area contributed by atoms with Crippen LogP contribution in [-0.4, -0.2) is 59.9 Å². The zero-order valence-corrected chi connectivity index (χ0v) is 18.3. The lowest BCUT2D eigenvalue weighted by molar-refractivity contribution is -0.132. The first-order valence-corrected chi connectivity index (χ1v) is 12.1. The number of hydrogen-bond acceptors (Lipinski definition) is 7. The minimum atomic E-state index is -3.60. The molecule has 0 spiro atoms. The van der Waals surface area contributed by atoms with Gasteiger partial charge >= 0.3 is 0 Å². The molecular formula is C19H19ClN4O4S2. The lowest BCUT2D eigenvalue weighted by Crippen LogP contribution is -2.50. The predicted octanol–water partition coefficient (Wildman–Crippen LogP) is 2.92. The number of rotatable bonds is 6. The van der Waals surface area contributed by atoms with Crippen molar-refractivity contribution in [2.24, 2.45) is 0 Å². The van der Waals surface area contributed by atoms with Crippen molar-refractivity contribution in [2.75, 3.05) is 26.2 Å². The summed E-state index contributed by atoms with van der Waals surface area (Å²) >= 11 is 7.38. The SMILES string of the molecule is O=C(CCc1nnc(-c2ccsc2)o1)N1CCN(S(=O)(=O)c2ccc(Cl)cc2)CC1. The normalized spacial score (nSPS) is 15.4. The van der Waals surface area contributed by atoms with E-state index >= 15 is 0 Å². The van der Waals surface area contributed by atoms with Crippen LogP contribution >= 0.6 is 22.9 Å². The molecule has 2 aromatic heterocycles. The molecule has 1 aliphatic heterocycles. The number of thiophene rings is 1. The predicted molar refractivity (Wildman–Crippen MR) is 113 cm³/mol. The van der Waals surface area contributed by atoms with Crippen molar-refractivity contribution in [3.05, 3.63) is 52.0 Å². The molecule has 0 saturated carbocycles. The average molecular weight is 467 g/mol. The highest BCUT2D eigenvalue weighted by Crippen LogP contribution is 2.22. The lowest BCUT2D eigenvalue weighted by atomic mass is 10.2. The van der Waals surface area contributed by atoms with E-state index in [4.69, 9.17) is 16.0 Å². The van der Waals surface area contributed by atoms with Crippen molar-refractivity contribution < 1.29 is 17.6 Å². The highest BCUT2D eigenvalue weighted by molar-refractivity contribution is 7.89. The highest BCUT2D eigenvalue weighted by Gasteiger charge is 2.30. The molecule has 1 amide bonds. The van der Waals surface area contributed by atoms with E-state index in [1.165, 1.54) is 16.4 Å². The highest BCUT2D eigenvalue weighted by atomic mass is 35.5. The molecule has 0 N–H and O–H groups in total. The van der Waals surface area contributed by atoms with Crippen LogP contribution in [0.4, 0.5) is 0 Å². The first-order chi connectivity index (χ1) is 14.4. The van der Waals surface area contributed by atoms with E-state index in [0.29, 0.717) is 36.3 Å². The van der Waals surface area contributed by atoms with Gasteiger partial charge in [-0.3, -0.25) is 4.79 Å². The summed E-state index contributed by atoms with van der Waals surface area (Å²) in [5.41, 5.74) is 0.864. The standard InChI is InChI=1S/C19H19ClN4O4S2/c20-15-1-3-16(4-2-15)30(26,27)24-10-8-23(9-11-24)18(25)6-5-17-21-22-19(28-17)14-7-12-29-13-14/h1-4,7,12-13H,5-6,8-11H2. The largest absolute Gasteiger partial charge is 0.421 e. The summed E-state index contributed by atoms with van der Waals surface area (Å²) in [4.78, 5) is 14.4. The Bertz CT molecular complexity index is 1110. The molecule has 0 bridgehead atoms. The summed E-state index contributed by atoms with van der Waals surface area (Å²) in [5, 5.41) is 12.3. The van der Waals surface area contributed by atoms with Gasteiger partial charge in [-0.05, 0) is 35.7 Å². The molecule has 8 nitrogen and oxygen atoms in total. The zero-order chi connectivity index (χ0) is 21.1. The van der Waals surface area contributed by atoms with Gasteiger partial charge < -0.3 is 9.32 Å². The third-order valence-electron chi connectivity index (χ3n) is 4.83. The van der Waals surface area contributed by atoms with Gasteiger partial charge in [0.15, 0.2) is 0 Å². The van der Waals surface area contributed by atoms with E-state index in [0.717, 1.165) is 5.56 Å². The minimum Gasteiger partial charge on any atom is -0.421 e. The van der Waals surface area contributed by atoms with E-state index < -0.39 is 10.0 Å². The lowest BCUT2D eigenvalue weighted by Gasteiger charge is -2.34. The molecule has 3 aromatic rings. The van der Waals surface area contributed by atoms with Gasteiger partial charge in [-0.1, -0.05) is 11.6 Å². The smallest absolute Gasteiger partial charge is 0.248 e. The van der Waals surface area contributed by atoms with E-state index in [-0.39, 0.29) is 30.3 Å². The number of piperazine rings is 1. The number of halogens is 1. The molecule has 1 fully saturated rings. The summed E-state index contributed by atoms with van der Waals surface area (Å²) in [6, 6.07) is 7.98. The molecular weight excluding hydrogens is 448 g/mol. The second-order valence-electron chi connectivity index (χ2n) is 6.75. The van der Waals surface area contributed by atoms with Crippen LogP contribution in [0.15, 0.2) is 50.4 Å². The first-order valence-electron chi connectivity index (χ1n) is 9.32. The number of nitrogens with zero attached hydrogens (tertiary/aromatic N) is 4. The van der Waals surface area contributed by atoms with E-state index in [2.05, 4.69) is 10.2 Å². The number of sulfonamides is 1. The fourth-order valence-corrected chi connectivity index (χ4v) is 5.34. The molecule has 0 aliphatic carbocycles. The van der Waals surface area contributed by atoms with Crippen LogP contribution in [0.25, 0.3) is 11.5 Å². The van der Waals surface area contributed by atoms with Gasteiger partial charge in [0.1, 0.15) is 0 Å². The maximum atomic E-state index is 12.7. The van der Waals surface area contributed by atoms with Crippen LogP contribution in [0, 0.1) is 0 Å². The summed E-state index contributed by atoms with van der Waals surface area (Å²) in [7, 11) is -3.60. The number of carbonyl (C=O) groups is 1. The Morgan fingerprint density at radius 2 is 1.83 bits per heavy atom. The molecule has 0 unspecified atom stereocenters. The monoisotopic (exact) mass is 466 g/mol. The molecule has 3 heterocycles. The Morgan fingerprint density at radius 1 is 1.10 bits per heavy atom. The van der Waals surface area contributed by atoms with Crippen molar-refractivity contribution in [1.29, 1.82) is 0 Å². The molecule has 1 aliphatic rings. The van der Waals surface area contributed by atoms with E-state index in [1.54, 1.807) is 28.4 Å². The summed E-state index contributed by atoms with van der Waals surface area (Å²) < 4.78 is 32.5. The Hall–Kier alpha value is -2.27. The second kappa shape index (κ2) is 8.84. The van der Waals surface area contributed by atoms with Gasteiger partial charge in [0, 0.05) is 55.0 Å². The van der Waals surface area contributed by atoms with E-state index in [1.807, 2.05) is 16.8 Å². The number of aryl methyl sites for hydroxylation is 1. The molecule has 4 rings (SSSR count). The molecule has 0 radical (unpaired) electrons. The maximum absolute atomic E-state index is 12.7. The molecule has 1 saturated heterocycles. The van der Waals surface area contributed by atoms with Crippen LogP contribution in [0.1, 0.15) is 12.3 Å². The number of aromatic nitrogens is 2. The number of amides is 1. The van der Waals surface area contributed by atoms with Crippen molar-refractivity contribution in [2.45, 2.75) is 17.7 Å². The van der Waals surface area contributed by atoms with Gasteiger partial charge in [0.25, 0.3) is 0 Å². The van der Waals surface area contributed by atoms with Gasteiger partial charge in [-0.25, -0.2) is 8.42 Å². The third kappa shape index (κ3) is 4.56. The maximum Gasteiger partial charge on any atom is 0.248 e. The minimum absolute atomic E-state index is 0.0613.